The van der Waals surface area contributed by atoms with Crippen molar-refractivity contribution in [3.63, 3.8) is 0 Å². The largest absolute Gasteiger partial charge is 0.311 e. The smallest absolute Gasteiger partial charge is 0.00940 e. The van der Waals surface area contributed by atoms with Crippen LogP contribution in [0.1, 0.15) is 50.5 Å². The van der Waals surface area contributed by atoms with Gasteiger partial charge >= 0.3 is 0 Å². The lowest BCUT2D eigenvalue weighted by Gasteiger charge is -2.35. The molecule has 1 saturated carbocycles. The molecule has 1 aliphatic carbocycles. The quantitative estimate of drug-likeness (QED) is 0.889. The van der Waals surface area contributed by atoms with Crippen molar-refractivity contribution in [3.05, 3.63) is 35.9 Å². The van der Waals surface area contributed by atoms with Gasteiger partial charge in [-0.05, 0) is 50.8 Å². The third-order valence-corrected chi connectivity index (χ3v) is 5.22. The molecule has 0 bridgehead atoms. The highest BCUT2D eigenvalue weighted by molar-refractivity contribution is 5.14. The van der Waals surface area contributed by atoms with Crippen LogP contribution in [-0.4, -0.2) is 36.6 Å². The van der Waals surface area contributed by atoms with Gasteiger partial charge in [-0.25, -0.2) is 0 Å². The molecule has 1 aliphatic heterocycles. The number of likely N-dealkylation sites (tertiary alicyclic amines) is 1. The molecular weight excluding hydrogens is 256 g/mol. The highest BCUT2D eigenvalue weighted by Crippen LogP contribution is 2.20. The minimum Gasteiger partial charge on any atom is -0.311 e. The Hall–Kier alpha value is -0.860. The fraction of sp³-hybridized carbons (Fsp3) is 0.684. The summed E-state index contributed by atoms with van der Waals surface area (Å²) in [5.74, 6) is 0. The molecule has 2 aliphatic rings. The summed E-state index contributed by atoms with van der Waals surface area (Å²) in [6.07, 6.45) is 11.0. The molecule has 0 amide bonds. The van der Waals surface area contributed by atoms with Crippen LogP contribution in [0.4, 0.5) is 0 Å². The number of nitrogens with zero attached hydrogens (tertiary/aromatic N) is 1. The molecule has 21 heavy (non-hydrogen) atoms. The van der Waals surface area contributed by atoms with Crippen LogP contribution in [0.15, 0.2) is 30.3 Å². The highest BCUT2D eigenvalue weighted by atomic mass is 15.1. The van der Waals surface area contributed by atoms with Gasteiger partial charge in [-0.15, -0.1) is 0 Å². The van der Waals surface area contributed by atoms with Gasteiger partial charge in [-0.3, -0.25) is 0 Å². The maximum Gasteiger partial charge on any atom is 0.00940 e. The monoisotopic (exact) mass is 286 g/mol. The van der Waals surface area contributed by atoms with E-state index in [1.165, 1.54) is 76.6 Å². The third kappa shape index (κ3) is 4.82. The zero-order valence-electron chi connectivity index (χ0n) is 13.3. The fourth-order valence-electron chi connectivity index (χ4n) is 3.86. The molecule has 116 valence electrons. The van der Waals surface area contributed by atoms with Crippen LogP contribution < -0.4 is 5.32 Å². The Morgan fingerprint density at radius 3 is 2.24 bits per heavy atom. The lowest BCUT2D eigenvalue weighted by molar-refractivity contribution is 0.185. The molecule has 3 rings (SSSR count). The van der Waals surface area contributed by atoms with Crippen LogP contribution in [-0.2, 0) is 6.42 Å². The molecule has 0 unspecified atom stereocenters. The van der Waals surface area contributed by atoms with Crippen LogP contribution in [0.5, 0.6) is 0 Å². The van der Waals surface area contributed by atoms with E-state index in [1.807, 2.05) is 0 Å². The van der Waals surface area contributed by atoms with Crippen molar-refractivity contribution in [2.45, 2.75) is 63.5 Å². The molecular formula is C19H30N2. The number of benzene rings is 1. The van der Waals surface area contributed by atoms with E-state index in [-0.39, 0.29) is 0 Å². The van der Waals surface area contributed by atoms with E-state index in [4.69, 9.17) is 0 Å². The Labute approximate surface area is 129 Å². The molecule has 1 aromatic rings. The summed E-state index contributed by atoms with van der Waals surface area (Å²) in [4.78, 5) is 2.64. The molecule has 1 saturated heterocycles. The van der Waals surface area contributed by atoms with Gasteiger partial charge in [-0.2, -0.15) is 0 Å². The van der Waals surface area contributed by atoms with E-state index >= 15 is 0 Å². The van der Waals surface area contributed by atoms with Gasteiger partial charge in [0.05, 0.1) is 0 Å². The zero-order valence-corrected chi connectivity index (χ0v) is 13.3. The van der Waals surface area contributed by atoms with E-state index in [1.54, 1.807) is 0 Å². The summed E-state index contributed by atoms with van der Waals surface area (Å²) in [6, 6.07) is 12.5. The second-order valence-electron chi connectivity index (χ2n) is 6.85. The summed E-state index contributed by atoms with van der Waals surface area (Å²) < 4.78 is 0. The predicted octanol–water partition coefficient (Wildman–Crippen LogP) is 3.62. The summed E-state index contributed by atoms with van der Waals surface area (Å²) >= 11 is 0. The van der Waals surface area contributed by atoms with Gasteiger partial charge in [0.15, 0.2) is 0 Å². The maximum atomic E-state index is 3.93. The van der Waals surface area contributed by atoms with Gasteiger partial charge in [0.1, 0.15) is 0 Å². The molecule has 0 spiro atoms. The van der Waals surface area contributed by atoms with Crippen molar-refractivity contribution in [2.75, 3.05) is 19.6 Å². The van der Waals surface area contributed by atoms with Gasteiger partial charge in [0.2, 0.25) is 0 Å². The van der Waals surface area contributed by atoms with Crippen molar-refractivity contribution in [1.29, 1.82) is 0 Å². The summed E-state index contributed by atoms with van der Waals surface area (Å²) in [6.45, 7) is 3.77. The number of rotatable bonds is 5. The molecule has 0 radical (unpaired) electrons. The third-order valence-electron chi connectivity index (χ3n) is 5.22. The fourth-order valence-corrected chi connectivity index (χ4v) is 3.86. The lowest BCUT2D eigenvalue weighted by atomic mass is 9.93. The van der Waals surface area contributed by atoms with Crippen molar-refractivity contribution < 1.29 is 0 Å². The lowest BCUT2D eigenvalue weighted by Crippen LogP contribution is -2.47. The summed E-state index contributed by atoms with van der Waals surface area (Å²) in [5, 5.41) is 3.93. The molecule has 2 fully saturated rings. The van der Waals surface area contributed by atoms with Crippen molar-refractivity contribution in [1.82, 2.24) is 10.2 Å². The SMILES string of the molecule is c1ccc(CCN2CCC(NC3CCCCC3)CC2)cc1. The molecule has 2 nitrogen and oxygen atoms in total. The first kappa shape index (κ1) is 15.1. The Morgan fingerprint density at radius 1 is 0.857 bits per heavy atom. The molecule has 0 aromatic heterocycles. The first-order chi connectivity index (χ1) is 10.4. The summed E-state index contributed by atoms with van der Waals surface area (Å²) in [5.41, 5.74) is 1.47. The van der Waals surface area contributed by atoms with Gasteiger partial charge in [0, 0.05) is 18.6 Å². The molecule has 1 N–H and O–H groups in total. The van der Waals surface area contributed by atoms with Crippen molar-refractivity contribution in [3.8, 4) is 0 Å². The second kappa shape index (κ2) is 7.95. The zero-order chi connectivity index (χ0) is 14.3. The summed E-state index contributed by atoms with van der Waals surface area (Å²) in [7, 11) is 0. The minimum atomic E-state index is 0.779. The topological polar surface area (TPSA) is 15.3 Å². The van der Waals surface area contributed by atoms with E-state index in [0.29, 0.717) is 0 Å². The van der Waals surface area contributed by atoms with Crippen LogP contribution in [0.2, 0.25) is 0 Å². The Bertz CT molecular complexity index is 389. The number of piperidine rings is 1. The number of hydrogen-bond donors (Lipinski definition) is 1. The molecule has 0 atom stereocenters. The minimum absolute atomic E-state index is 0.779. The standard InChI is InChI=1S/C19H30N2/c1-3-7-17(8-4-1)11-14-21-15-12-19(13-16-21)20-18-9-5-2-6-10-18/h1,3-4,7-8,18-20H,2,5-6,9-16H2. The average Bonchev–Trinajstić information content (AvgIpc) is 2.56. The Kier molecular flexibility index (Phi) is 5.70. The second-order valence-corrected chi connectivity index (χ2v) is 6.85. The van der Waals surface area contributed by atoms with E-state index in [9.17, 15) is 0 Å². The number of hydrogen-bond acceptors (Lipinski definition) is 2. The van der Waals surface area contributed by atoms with Crippen molar-refractivity contribution >= 4 is 0 Å². The normalized spacial score (nSPS) is 22.5. The molecule has 1 heterocycles. The predicted molar refractivity (Wildman–Crippen MR) is 89.6 cm³/mol. The van der Waals surface area contributed by atoms with Crippen molar-refractivity contribution in [2.24, 2.45) is 0 Å². The van der Waals surface area contributed by atoms with E-state index in [2.05, 4.69) is 40.5 Å². The molecule has 1 aromatic carbocycles. The van der Waals surface area contributed by atoms with E-state index in [0.717, 1.165) is 12.1 Å². The number of nitrogens with one attached hydrogen (secondary N) is 1. The van der Waals surface area contributed by atoms with Crippen LogP contribution in [0.25, 0.3) is 0 Å². The Morgan fingerprint density at radius 2 is 1.52 bits per heavy atom. The van der Waals surface area contributed by atoms with Crippen LogP contribution in [0.3, 0.4) is 0 Å². The van der Waals surface area contributed by atoms with Gasteiger partial charge < -0.3 is 10.2 Å². The molecule has 2 heteroatoms. The Balaban J connectivity index is 1.35. The van der Waals surface area contributed by atoms with Gasteiger partial charge in [0.25, 0.3) is 0 Å². The van der Waals surface area contributed by atoms with Crippen LogP contribution in [0, 0.1) is 0 Å². The first-order valence-electron chi connectivity index (χ1n) is 8.92. The van der Waals surface area contributed by atoms with Crippen LogP contribution >= 0.6 is 0 Å². The maximum absolute atomic E-state index is 3.93. The van der Waals surface area contributed by atoms with Gasteiger partial charge in [-0.1, -0.05) is 49.6 Å². The highest BCUT2D eigenvalue weighted by Gasteiger charge is 2.22. The first-order valence-corrected chi connectivity index (χ1v) is 8.92. The van der Waals surface area contributed by atoms with E-state index < -0.39 is 0 Å². The average molecular weight is 286 g/mol.